The third-order valence-electron chi connectivity index (χ3n) is 12.2. The van der Waals surface area contributed by atoms with E-state index in [1.807, 2.05) is 53.7 Å². The molecule has 18 N–H and O–H groups in total. The number of hydrogen-bond acceptors (Lipinski definition) is 15. The number of fused-ring (bicyclic) bond motifs is 1. The monoisotopic (exact) mass is 1200 g/mol. The van der Waals surface area contributed by atoms with Crippen LogP contribution in [0.5, 0.6) is 5.75 Å². The Morgan fingerprint density at radius 2 is 1.63 bits per heavy atom. The average molecular weight is 1200 g/mol. The van der Waals surface area contributed by atoms with E-state index < -0.39 is 12.1 Å². The molecule has 3 aliphatic rings. The summed E-state index contributed by atoms with van der Waals surface area (Å²) in [6.45, 7) is 21.7. The van der Waals surface area contributed by atoms with Crippen LogP contribution in [0.1, 0.15) is 126 Å². The van der Waals surface area contributed by atoms with Crippen LogP contribution in [0.3, 0.4) is 0 Å². The van der Waals surface area contributed by atoms with E-state index in [9.17, 15) is 34.2 Å². The van der Waals surface area contributed by atoms with E-state index in [0.717, 1.165) is 68.0 Å². The summed E-state index contributed by atoms with van der Waals surface area (Å²) < 4.78 is 5.30. The quantitative estimate of drug-likeness (QED) is 0.0103. The van der Waals surface area contributed by atoms with Crippen LogP contribution in [0, 0.1) is 29.6 Å². The zero-order chi connectivity index (χ0) is 54.4. The van der Waals surface area contributed by atoms with Gasteiger partial charge in [0.25, 0.3) is 0 Å². The molecule has 414 valence electrons. The summed E-state index contributed by atoms with van der Waals surface area (Å²) in [6, 6.07) is 5.35. The number of nitrogens with zero attached hydrogens (tertiary/aromatic N) is 1. The van der Waals surface area contributed by atoms with E-state index in [1.165, 1.54) is 5.92 Å². The van der Waals surface area contributed by atoms with E-state index >= 15 is 0 Å². The molecule has 4 rings (SSSR count). The van der Waals surface area contributed by atoms with Crippen LogP contribution in [0.25, 0.3) is 0 Å². The number of rotatable bonds is 24. The van der Waals surface area contributed by atoms with Crippen molar-refractivity contribution in [1.82, 2.24) is 36.9 Å². The Labute approximate surface area is 449 Å². The molecule has 0 radical (unpaired) electrons. The van der Waals surface area contributed by atoms with Crippen LogP contribution >= 0.6 is 0 Å². The van der Waals surface area contributed by atoms with Crippen molar-refractivity contribution in [2.45, 2.75) is 144 Å². The number of hydrogen-bond donors (Lipinski definition) is 13. The summed E-state index contributed by atoms with van der Waals surface area (Å²) >= 11 is 0. The molecule has 21 heteroatoms. The minimum absolute atomic E-state index is 0. The first-order valence-electron chi connectivity index (χ1n) is 25.2. The zero-order valence-electron chi connectivity index (χ0n) is 44.8. The molecule has 0 aliphatic heterocycles. The third kappa shape index (κ3) is 27.8. The number of esters is 1. The van der Waals surface area contributed by atoms with Crippen LogP contribution in [-0.4, -0.2) is 102 Å². The van der Waals surface area contributed by atoms with Crippen LogP contribution in [0.4, 0.5) is 10.5 Å². The predicted octanol–water partition coefficient (Wildman–Crippen LogP) is 3.53. The van der Waals surface area contributed by atoms with Crippen molar-refractivity contribution < 1.29 is 60.0 Å². The average Bonchev–Trinajstić information content (AvgIpc) is 3.91. The number of hydrazine groups is 1. The number of carbonyl (C=O) groups is 5. The first-order chi connectivity index (χ1) is 34.0. The number of nitrogens with two attached hydrogens (primary N) is 5. The van der Waals surface area contributed by atoms with E-state index in [-0.39, 0.29) is 94.4 Å². The predicted molar refractivity (Wildman–Crippen MR) is 285 cm³/mol. The largest absolute Gasteiger partial charge is 0.427 e. The number of urea groups is 1. The summed E-state index contributed by atoms with van der Waals surface area (Å²) in [4.78, 5) is 59.0. The fraction of sp³-hybridized carbons (Fsp3) is 0.615. The fourth-order valence-corrected chi connectivity index (χ4v) is 7.75. The maximum absolute atomic E-state index is 12.6. The zero-order valence-corrected chi connectivity index (χ0v) is 47.8. The second-order valence-corrected chi connectivity index (χ2v) is 19.5. The van der Waals surface area contributed by atoms with Crippen molar-refractivity contribution in [2.24, 2.45) is 46.7 Å². The number of aliphatic hydroxyl groups is 2. The summed E-state index contributed by atoms with van der Waals surface area (Å²) in [5, 5.41) is 36.9. The molecule has 20 nitrogen and oxygen atoms in total. The number of ether oxygens (including phenoxy) is 1. The number of primary amides is 1. The molecule has 1 fully saturated rings. The Morgan fingerprint density at radius 1 is 0.959 bits per heavy atom. The van der Waals surface area contributed by atoms with Crippen molar-refractivity contribution in [3.63, 3.8) is 0 Å². The molecule has 0 spiro atoms. The summed E-state index contributed by atoms with van der Waals surface area (Å²) in [5.41, 5.74) is 26.7. The van der Waals surface area contributed by atoms with Gasteiger partial charge in [0.2, 0.25) is 17.7 Å². The van der Waals surface area contributed by atoms with E-state index in [2.05, 4.69) is 52.3 Å². The number of nitrogen functional groups attached to an aromatic ring is 1. The van der Waals surface area contributed by atoms with Crippen molar-refractivity contribution in [1.29, 1.82) is 0 Å². The minimum Gasteiger partial charge on any atom is -0.427 e. The number of amides is 5. The van der Waals surface area contributed by atoms with Crippen molar-refractivity contribution in [3.05, 3.63) is 77.8 Å². The van der Waals surface area contributed by atoms with Crippen molar-refractivity contribution in [3.8, 4) is 5.75 Å². The molecule has 1 aromatic rings. The van der Waals surface area contributed by atoms with Gasteiger partial charge in [-0.25, -0.2) is 10.6 Å². The van der Waals surface area contributed by atoms with Gasteiger partial charge < -0.3 is 80.7 Å². The number of nitrogens with one attached hydrogen (secondary N) is 6. The first kappa shape index (κ1) is 68.0. The molecule has 5 amide bonds. The molecule has 1 aromatic carbocycles. The molecule has 0 aromatic heterocycles. The van der Waals surface area contributed by atoms with E-state index in [1.54, 1.807) is 35.5 Å². The standard InChI is InChI=1S/C28H40N4O5.C13H26N4O2.C7H15N2.C4H10N2O.W/c1-18(2)5-15-24(33)32-27(19(3)4)28(36)30-17-25(34)31-22-11-6-20(7-12-22)8-16-26(35)37-23-13-9-21(29)10-14-23;1-8(6-18)17(16)12-4-5-13(15)9(10(13)7-19)2-3-11(12)14;1-4-8-6-9-5-7(2)3;1-2-3-6-4(5)7;/h6,9-11,13-14,18-19,27H,5,7-8,12,15-17,29H2,1-4H3,(H,30,36)(H,31,34)(H,32,33);8-10,18-19H,2-7,14-16H2,1H3;4,8-9H,1,5-6H2,2-3H3;2-3H2,1H3,(H3,5,6,7);/q;;-1;;/b;12-11-;;;. The normalized spacial score (nSPS) is 19.4. The smallest absolute Gasteiger partial charge is 0.312 e. The number of allylic oxidation sites excluding steroid dienone is 6. The van der Waals surface area contributed by atoms with E-state index in [4.69, 9.17) is 33.5 Å². The minimum atomic E-state index is -0.696. The van der Waals surface area contributed by atoms with Gasteiger partial charge in [-0.15, -0.1) is 6.54 Å². The molecule has 1 saturated carbocycles. The van der Waals surface area contributed by atoms with Gasteiger partial charge in [-0.1, -0.05) is 52.8 Å². The van der Waals surface area contributed by atoms with Gasteiger partial charge >= 0.3 is 12.0 Å². The van der Waals surface area contributed by atoms with Crippen molar-refractivity contribution >= 4 is 35.4 Å². The van der Waals surface area contributed by atoms with Crippen LogP contribution in [0.2, 0.25) is 0 Å². The van der Waals surface area contributed by atoms with Crippen molar-refractivity contribution in [2.75, 3.05) is 45.3 Å². The topological polar surface area (TPSA) is 341 Å². The van der Waals surface area contributed by atoms with Gasteiger partial charge in [-0.2, -0.15) is 13.8 Å². The molecule has 0 saturated heterocycles. The second kappa shape index (κ2) is 36.9. The first-order valence-corrected chi connectivity index (χ1v) is 25.2. The number of carbonyl (C=O) groups excluding carboxylic acids is 5. The van der Waals surface area contributed by atoms with Gasteiger partial charge in [0, 0.05) is 81.3 Å². The summed E-state index contributed by atoms with van der Waals surface area (Å²) in [6.07, 6.45) is 12.7. The van der Waals surface area contributed by atoms with Gasteiger partial charge in [0.05, 0.1) is 25.9 Å². The van der Waals surface area contributed by atoms with Gasteiger partial charge in [-0.3, -0.25) is 19.2 Å². The van der Waals surface area contributed by atoms with E-state index in [0.29, 0.717) is 61.9 Å². The van der Waals surface area contributed by atoms with Gasteiger partial charge in [0.1, 0.15) is 11.8 Å². The molecular formula is C52H91N12O8W-. The number of anilines is 1. The molecular weight excluding hydrogens is 1100 g/mol. The maximum Gasteiger partial charge on any atom is 0.312 e. The Bertz CT molecular complexity index is 1930. The van der Waals surface area contributed by atoms with Crippen LogP contribution < -0.4 is 65.4 Å². The molecule has 5 unspecified atom stereocenters. The SMILES string of the molecule is C=CNCNC[C-](C)C.CC(C)CCC(=O)NC(C(=O)NCC(=O)NC1=CC=C(CCC(=O)Oc2ccc(N)cc2)CC1)C(C)C.CC(CO)N(N)/C1=C(\N)CCC2C(CO)C2(N)CC1.CCCNC(N)=O.[W]. The molecule has 5 atom stereocenters. The number of aliphatic hydroxyl groups excluding tert-OH is 2. The summed E-state index contributed by atoms with van der Waals surface area (Å²) in [7, 11) is 0. The molecule has 0 heterocycles. The summed E-state index contributed by atoms with van der Waals surface area (Å²) in [5.74, 6) is 7.53. The Kier molecular flexibility index (Phi) is 34.3. The molecule has 3 aliphatic carbocycles. The van der Waals surface area contributed by atoms with Gasteiger partial charge in [-0.05, 0) is 119 Å². The Balaban J connectivity index is 0.00000118. The molecule has 73 heavy (non-hydrogen) atoms. The Hall–Kier alpha value is -4.98. The number of benzene rings is 1. The fourth-order valence-electron chi connectivity index (χ4n) is 7.75. The van der Waals surface area contributed by atoms with Gasteiger partial charge in [0.15, 0.2) is 0 Å². The molecule has 0 bridgehead atoms. The maximum atomic E-state index is 12.6. The Morgan fingerprint density at radius 3 is 2.15 bits per heavy atom. The van der Waals surface area contributed by atoms with Crippen LogP contribution in [0.15, 0.2) is 71.9 Å². The third-order valence-corrected chi connectivity index (χ3v) is 12.2. The second-order valence-electron chi connectivity index (χ2n) is 19.5. The van der Waals surface area contributed by atoms with Crippen LogP contribution in [-0.2, 0) is 40.2 Å².